The van der Waals surface area contributed by atoms with E-state index in [1.165, 1.54) is 12.4 Å². The number of carbonyl (C=O) groups excluding carboxylic acids is 2. The maximum absolute atomic E-state index is 12.7. The summed E-state index contributed by atoms with van der Waals surface area (Å²) in [4.78, 5) is 37.4. The summed E-state index contributed by atoms with van der Waals surface area (Å²) in [5, 5.41) is 4.15. The first-order chi connectivity index (χ1) is 12.7. The molecule has 2 aromatic heterocycles. The van der Waals surface area contributed by atoms with E-state index in [0.717, 1.165) is 19.4 Å². The molecule has 2 bridgehead atoms. The van der Waals surface area contributed by atoms with Crippen molar-refractivity contribution in [2.45, 2.75) is 31.8 Å². The van der Waals surface area contributed by atoms with E-state index in [1.807, 2.05) is 22.1 Å². The average Bonchev–Trinajstić information content (AvgIpc) is 3.04. The molecular weight excluding hydrogens is 332 g/mol. The number of aryl methyl sites for hydroxylation is 1. The zero-order valence-electron chi connectivity index (χ0n) is 14.6. The Labute approximate surface area is 151 Å². The molecule has 0 saturated carbocycles. The third-order valence-corrected chi connectivity index (χ3v) is 5.22. The number of amides is 2. The van der Waals surface area contributed by atoms with Crippen LogP contribution >= 0.6 is 0 Å². The summed E-state index contributed by atoms with van der Waals surface area (Å²) in [6, 6.07) is 1.94. The van der Waals surface area contributed by atoms with Gasteiger partial charge in [0, 0.05) is 63.4 Å². The molecule has 0 aliphatic carbocycles. The number of hydrogen-bond acceptors (Lipinski definition) is 5. The van der Waals surface area contributed by atoms with Crippen molar-refractivity contribution in [3.63, 3.8) is 0 Å². The fraction of sp³-hybridized carbons (Fsp3) is 0.500. The molecule has 0 N–H and O–H groups in total. The number of rotatable bonds is 4. The lowest BCUT2D eigenvalue weighted by molar-refractivity contribution is -0.135. The van der Waals surface area contributed by atoms with Gasteiger partial charge in [-0.3, -0.25) is 19.3 Å². The minimum Gasteiger partial charge on any atom is -0.338 e. The van der Waals surface area contributed by atoms with Gasteiger partial charge in [-0.05, 0) is 24.8 Å². The first kappa shape index (κ1) is 16.7. The zero-order chi connectivity index (χ0) is 17.9. The second-order valence-corrected chi connectivity index (χ2v) is 6.96. The number of aromatic nitrogens is 4. The molecule has 0 radical (unpaired) electrons. The quantitative estimate of drug-likeness (QED) is 0.812. The molecule has 8 nitrogen and oxygen atoms in total. The smallest absolute Gasteiger partial charge is 0.274 e. The summed E-state index contributed by atoms with van der Waals surface area (Å²) in [6.07, 6.45) is 10.6. The molecule has 8 heteroatoms. The standard InChI is InChI=1S/C18H22N6O2/c25-17(4-9-23-8-1-5-21-23)24-12-14-2-3-15(24)13-22(11-14)18(26)16-10-19-6-7-20-16/h1,5-8,10,14-15H,2-4,9,11-13H2. The van der Waals surface area contributed by atoms with Crippen LogP contribution in [0.2, 0.25) is 0 Å². The molecule has 0 spiro atoms. The third-order valence-electron chi connectivity index (χ3n) is 5.22. The normalized spacial score (nSPS) is 22.3. The van der Waals surface area contributed by atoms with Crippen molar-refractivity contribution in [3.8, 4) is 0 Å². The van der Waals surface area contributed by atoms with Gasteiger partial charge in [0.15, 0.2) is 0 Å². The highest BCUT2D eigenvalue weighted by atomic mass is 16.2. The van der Waals surface area contributed by atoms with E-state index in [-0.39, 0.29) is 17.9 Å². The first-order valence-corrected chi connectivity index (χ1v) is 9.03. The summed E-state index contributed by atoms with van der Waals surface area (Å²) < 4.78 is 1.78. The molecule has 2 unspecified atom stereocenters. The SMILES string of the molecule is O=C(c1cnccn1)N1CC2CCC(C1)N(C(=O)CCn1cccn1)C2. The van der Waals surface area contributed by atoms with Crippen molar-refractivity contribution in [2.75, 3.05) is 19.6 Å². The lowest BCUT2D eigenvalue weighted by Crippen LogP contribution is -2.48. The lowest BCUT2D eigenvalue weighted by atomic mass is 9.94. The van der Waals surface area contributed by atoms with E-state index in [2.05, 4.69) is 15.1 Å². The zero-order valence-corrected chi connectivity index (χ0v) is 14.6. The van der Waals surface area contributed by atoms with Crippen LogP contribution in [-0.4, -0.2) is 67.0 Å². The third kappa shape index (κ3) is 3.44. The van der Waals surface area contributed by atoms with Crippen molar-refractivity contribution in [2.24, 2.45) is 5.92 Å². The van der Waals surface area contributed by atoms with Gasteiger partial charge in [-0.15, -0.1) is 0 Å². The molecule has 2 amide bonds. The summed E-state index contributed by atoms with van der Waals surface area (Å²) in [5.41, 5.74) is 0.366. The molecule has 5 heterocycles. The van der Waals surface area contributed by atoms with Gasteiger partial charge in [0.05, 0.1) is 6.20 Å². The average molecular weight is 354 g/mol. The van der Waals surface area contributed by atoms with Gasteiger partial charge in [0.25, 0.3) is 5.91 Å². The van der Waals surface area contributed by atoms with Gasteiger partial charge in [-0.1, -0.05) is 0 Å². The molecular formula is C18H22N6O2. The van der Waals surface area contributed by atoms with Crippen LogP contribution in [0.15, 0.2) is 37.1 Å². The lowest BCUT2D eigenvalue weighted by Gasteiger charge is -2.36. The molecule has 3 aliphatic heterocycles. The Bertz CT molecular complexity index is 763. The summed E-state index contributed by atoms with van der Waals surface area (Å²) in [6.45, 7) is 2.56. The molecule has 3 fully saturated rings. The number of piperidine rings is 1. The van der Waals surface area contributed by atoms with Crippen LogP contribution in [0.5, 0.6) is 0 Å². The highest BCUT2D eigenvalue weighted by Crippen LogP contribution is 2.29. The van der Waals surface area contributed by atoms with Gasteiger partial charge in [-0.2, -0.15) is 5.10 Å². The van der Waals surface area contributed by atoms with Gasteiger partial charge in [-0.25, -0.2) is 4.98 Å². The molecule has 5 rings (SSSR count). The van der Waals surface area contributed by atoms with E-state index in [4.69, 9.17) is 0 Å². The van der Waals surface area contributed by atoms with Crippen LogP contribution in [0, 0.1) is 5.92 Å². The molecule has 0 aromatic carbocycles. The maximum Gasteiger partial charge on any atom is 0.274 e. The van der Waals surface area contributed by atoms with Crippen molar-refractivity contribution in [1.82, 2.24) is 29.5 Å². The van der Waals surface area contributed by atoms with Crippen LogP contribution in [0.1, 0.15) is 29.8 Å². The molecule has 26 heavy (non-hydrogen) atoms. The Morgan fingerprint density at radius 1 is 1.12 bits per heavy atom. The van der Waals surface area contributed by atoms with E-state index in [0.29, 0.717) is 37.7 Å². The maximum atomic E-state index is 12.7. The minimum atomic E-state index is -0.0964. The van der Waals surface area contributed by atoms with E-state index >= 15 is 0 Å². The second-order valence-electron chi connectivity index (χ2n) is 6.96. The van der Waals surface area contributed by atoms with Gasteiger partial charge < -0.3 is 9.80 Å². The first-order valence-electron chi connectivity index (χ1n) is 9.03. The summed E-state index contributed by atoms with van der Waals surface area (Å²) >= 11 is 0. The Morgan fingerprint density at radius 3 is 2.81 bits per heavy atom. The van der Waals surface area contributed by atoms with Crippen LogP contribution in [0.4, 0.5) is 0 Å². The van der Waals surface area contributed by atoms with Gasteiger partial charge in [0.2, 0.25) is 5.91 Å². The van der Waals surface area contributed by atoms with Gasteiger partial charge >= 0.3 is 0 Å². The van der Waals surface area contributed by atoms with Gasteiger partial charge in [0.1, 0.15) is 5.69 Å². The monoisotopic (exact) mass is 354 g/mol. The molecule has 3 aliphatic rings. The number of fused-ring (bicyclic) bond motifs is 4. The fourth-order valence-electron chi connectivity index (χ4n) is 3.91. The van der Waals surface area contributed by atoms with E-state index < -0.39 is 0 Å². The molecule has 2 atom stereocenters. The summed E-state index contributed by atoms with van der Waals surface area (Å²) in [5.74, 6) is 0.368. The molecule has 136 valence electrons. The topological polar surface area (TPSA) is 84.2 Å². The number of hydrogen-bond donors (Lipinski definition) is 0. The largest absolute Gasteiger partial charge is 0.338 e. The van der Waals surface area contributed by atoms with Crippen molar-refractivity contribution in [1.29, 1.82) is 0 Å². The molecule has 2 aromatic rings. The minimum absolute atomic E-state index is 0.0829. The van der Waals surface area contributed by atoms with Crippen LogP contribution in [0.25, 0.3) is 0 Å². The van der Waals surface area contributed by atoms with Crippen LogP contribution in [-0.2, 0) is 11.3 Å². The van der Waals surface area contributed by atoms with Crippen molar-refractivity contribution < 1.29 is 9.59 Å². The Morgan fingerprint density at radius 2 is 2.04 bits per heavy atom. The number of nitrogens with zero attached hydrogens (tertiary/aromatic N) is 6. The predicted octanol–water partition coefficient (Wildman–Crippen LogP) is 0.826. The Hall–Kier alpha value is -2.77. The van der Waals surface area contributed by atoms with E-state index in [9.17, 15) is 9.59 Å². The Kier molecular flexibility index (Phi) is 4.64. The van der Waals surface area contributed by atoms with Crippen LogP contribution in [0.3, 0.4) is 0 Å². The highest BCUT2D eigenvalue weighted by molar-refractivity contribution is 5.92. The Balaban J connectivity index is 1.43. The fourth-order valence-corrected chi connectivity index (χ4v) is 3.91. The number of carbonyl (C=O) groups is 2. The second kappa shape index (κ2) is 7.23. The van der Waals surface area contributed by atoms with Crippen molar-refractivity contribution >= 4 is 11.8 Å². The van der Waals surface area contributed by atoms with Crippen molar-refractivity contribution in [3.05, 3.63) is 42.7 Å². The van der Waals surface area contributed by atoms with Crippen LogP contribution < -0.4 is 0 Å². The highest BCUT2D eigenvalue weighted by Gasteiger charge is 2.38. The summed E-state index contributed by atoms with van der Waals surface area (Å²) in [7, 11) is 0. The predicted molar refractivity (Wildman–Crippen MR) is 93.0 cm³/mol. The molecule has 3 saturated heterocycles. The van der Waals surface area contributed by atoms with E-state index in [1.54, 1.807) is 17.1 Å².